The summed E-state index contributed by atoms with van der Waals surface area (Å²) in [5, 5.41) is 21.1. The molecule has 6 N–H and O–H groups in total. The average Bonchev–Trinajstić information content (AvgIpc) is 3.86. The Morgan fingerprint density at radius 1 is 1.12 bits per heavy atom. The summed E-state index contributed by atoms with van der Waals surface area (Å²) in [6.45, 7) is 15.9. The number of carbonyl (C=O) groups is 5. The molecule has 3 rings (SSSR count). The molecule has 1 fully saturated rings. The molecular weight excluding hydrogens is 764 g/mol. The van der Waals surface area contributed by atoms with Gasteiger partial charge in [-0.15, -0.1) is 11.3 Å². The summed E-state index contributed by atoms with van der Waals surface area (Å²) in [4.78, 5) is 72.9. The molecule has 324 valence electrons. The molecule has 0 radical (unpaired) electrons. The third kappa shape index (κ3) is 14.6. The number of rotatable bonds is 24. The zero-order valence-corrected chi connectivity index (χ0v) is 36.5. The molecule has 0 aliphatic carbocycles. The van der Waals surface area contributed by atoms with Crippen molar-refractivity contribution < 1.29 is 38.2 Å². The van der Waals surface area contributed by atoms with E-state index in [0.717, 1.165) is 56.4 Å². The number of ether oxygens (including phenoxy) is 1. The summed E-state index contributed by atoms with van der Waals surface area (Å²) in [5.41, 5.74) is 5.00. The molecule has 0 spiro atoms. The van der Waals surface area contributed by atoms with Gasteiger partial charge in [-0.2, -0.15) is 0 Å². The second kappa shape index (κ2) is 22.9. The number of anilines is 1. The first-order valence-corrected chi connectivity index (χ1v) is 21.8. The summed E-state index contributed by atoms with van der Waals surface area (Å²) in [6, 6.07) is 2.55. The van der Waals surface area contributed by atoms with Crippen molar-refractivity contribution in [2.24, 2.45) is 17.3 Å². The molecule has 58 heavy (non-hydrogen) atoms. The number of nitrogen functional groups attached to an aromatic ring is 1. The first-order valence-electron chi connectivity index (χ1n) is 20.9. The molecular formula is C43H67FN6O7S. The fourth-order valence-corrected chi connectivity index (χ4v) is 8.27. The maximum atomic E-state index is 14.7. The van der Waals surface area contributed by atoms with Crippen LogP contribution in [0.5, 0.6) is 0 Å². The number of nitrogens with zero attached hydrogens (tertiary/aromatic N) is 2. The number of hydrogen-bond acceptors (Lipinski definition) is 10. The number of aromatic nitrogens is 1. The molecule has 15 heteroatoms. The van der Waals surface area contributed by atoms with Crippen molar-refractivity contribution in [1.29, 1.82) is 0 Å². The SMILES string of the molecule is CCCCCCN(C(=O)[C@@H](NC(=O)C[C@@H]1CCCN1)[C@@H](C)CC)[C@H](C[C@@H](OC(C)=O)c1nc(C(=O)N[C@@H](Cc2ccc(N)c(F)c2)CC(C)(C)C(=O)O)cs1)C(C)C. The van der Waals surface area contributed by atoms with Crippen LogP contribution in [0.2, 0.25) is 0 Å². The van der Waals surface area contributed by atoms with Crippen LogP contribution in [0.4, 0.5) is 10.1 Å². The number of carboxylic acids is 1. The molecule has 1 aliphatic rings. The first kappa shape index (κ1) is 48.3. The maximum Gasteiger partial charge on any atom is 0.309 e. The van der Waals surface area contributed by atoms with Gasteiger partial charge < -0.3 is 36.4 Å². The molecule has 1 saturated heterocycles. The minimum atomic E-state index is -1.21. The Bertz CT molecular complexity index is 1680. The lowest BCUT2D eigenvalue weighted by Gasteiger charge is -2.39. The van der Waals surface area contributed by atoms with Crippen molar-refractivity contribution in [1.82, 2.24) is 25.8 Å². The Balaban J connectivity index is 1.92. The zero-order chi connectivity index (χ0) is 43.2. The van der Waals surface area contributed by atoms with Crippen molar-refractivity contribution >= 4 is 46.7 Å². The number of amides is 3. The van der Waals surface area contributed by atoms with E-state index in [2.05, 4.69) is 27.9 Å². The molecule has 13 nitrogen and oxygen atoms in total. The van der Waals surface area contributed by atoms with Crippen molar-refractivity contribution in [2.45, 2.75) is 156 Å². The van der Waals surface area contributed by atoms with E-state index in [-0.39, 0.29) is 60.3 Å². The molecule has 6 atom stereocenters. The van der Waals surface area contributed by atoms with Gasteiger partial charge in [-0.3, -0.25) is 24.0 Å². The van der Waals surface area contributed by atoms with E-state index in [1.807, 2.05) is 32.6 Å². The fourth-order valence-electron chi connectivity index (χ4n) is 7.43. The number of halogens is 1. The predicted octanol–water partition coefficient (Wildman–Crippen LogP) is 6.81. The molecule has 1 aromatic heterocycles. The van der Waals surface area contributed by atoms with Gasteiger partial charge in [0.05, 0.1) is 11.1 Å². The zero-order valence-electron chi connectivity index (χ0n) is 35.7. The molecule has 3 amide bonds. The Hall–Kier alpha value is -4.11. The normalized spacial score (nSPS) is 16.9. The van der Waals surface area contributed by atoms with Gasteiger partial charge in [-0.05, 0) is 82.0 Å². The smallest absolute Gasteiger partial charge is 0.309 e. The van der Waals surface area contributed by atoms with E-state index in [1.165, 1.54) is 19.1 Å². The number of hydrogen-bond donors (Lipinski definition) is 5. The van der Waals surface area contributed by atoms with E-state index in [9.17, 15) is 33.5 Å². The number of nitrogens with one attached hydrogen (secondary N) is 3. The van der Waals surface area contributed by atoms with Crippen LogP contribution >= 0.6 is 11.3 Å². The quantitative estimate of drug-likeness (QED) is 0.0427. The topological polar surface area (TPSA) is 193 Å². The highest BCUT2D eigenvalue weighted by atomic mass is 32.1. The molecule has 1 aliphatic heterocycles. The fraction of sp³-hybridized carbons (Fsp3) is 0.674. The molecule has 2 aromatic rings. The Labute approximate surface area is 347 Å². The van der Waals surface area contributed by atoms with E-state index in [4.69, 9.17) is 10.5 Å². The van der Waals surface area contributed by atoms with E-state index in [0.29, 0.717) is 30.0 Å². The van der Waals surface area contributed by atoms with Crippen LogP contribution in [0.15, 0.2) is 23.6 Å². The Morgan fingerprint density at radius 3 is 2.43 bits per heavy atom. The van der Waals surface area contributed by atoms with Gasteiger partial charge in [-0.25, -0.2) is 9.37 Å². The lowest BCUT2D eigenvalue weighted by molar-refractivity contribution is -0.150. The minimum Gasteiger partial charge on any atom is -0.481 e. The van der Waals surface area contributed by atoms with Crippen LogP contribution in [-0.4, -0.2) is 81.9 Å². The Morgan fingerprint density at radius 2 is 1.84 bits per heavy atom. The van der Waals surface area contributed by atoms with Gasteiger partial charge in [0.25, 0.3) is 5.91 Å². The molecule has 0 unspecified atom stereocenters. The number of carboxylic acid groups (broad SMARTS) is 1. The van der Waals surface area contributed by atoms with Crippen molar-refractivity contribution in [2.75, 3.05) is 18.8 Å². The van der Waals surface area contributed by atoms with Crippen LogP contribution in [0, 0.1) is 23.1 Å². The summed E-state index contributed by atoms with van der Waals surface area (Å²) < 4.78 is 20.2. The molecule has 0 saturated carbocycles. The average molecular weight is 831 g/mol. The molecule has 2 heterocycles. The van der Waals surface area contributed by atoms with E-state index >= 15 is 0 Å². The van der Waals surface area contributed by atoms with Crippen LogP contribution < -0.4 is 21.7 Å². The lowest BCUT2D eigenvalue weighted by atomic mass is 9.84. The summed E-state index contributed by atoms with van der Waals surface area (Å²) in [5.74, 6) is -3.33. The number of unbranched alkanes of at least 4 members (excludes halogenated alkanes) is 3. The number of nitrogens with two attached hydrogens (primary N) is 1. The highest BCUT2D eigenvalue weighted by Crippen LogP contribution is 2.32. The second-order valence-corrected chi connectivity index (χ2v) is 17.7. The van der Waals surface area contributed by atoms with Crippen LogP contribution in [-0.2, 0) is 30.3 Å². The van der Waals surface area contributed by atoms with Gasteiger partial charge in [-0.1, -0.05) is 66.4 Å². The lowest BCUT2D eigenvalue weighted by Crippen LogP contribution is -2.56. The Kier molecular flexibility index (Phi) is 19.0. The minimum absolute atomic E-state index is 0.0226. The van der Waals surface area contributed by atoms with Crippen LogP contribution in [0.1, 0.15) is 147 Å². The third-order valence-corrected chi connectivity index (χ3v) is 12.0. The summed E-state index contributed by atoms with van der Waals surface area (Å²) >= 11 is 1.14. The highest BCUT2D eigenvalue weighted by molar-refractivity contribution is 7.09. The predicted molar refractivity (Wildman–Crippen MR) is 225 cm³/mol. The molecule has 1 aromatic carbocycles. The summed E-state index contributed by atoms with van der Waals surface area (Å²) in [7, 11) is 0. The van der Waals surface area contributed by atoms with Crippen molar-refractivity contribution in [3.63, 3.8) is 0 Å². The van der Waals surface area contributed by atoms with Gasteiger partial charge in [0.2, 0.25) is 11.8 Å². The van der Waals surface area contributed by atoms with Gasteiger partial charge >= 0.3 is 11.9 Å². The second-order valence-electron chi connectivity index (χ2n) is 16.9. The van der Waals surface area contributed by atoms with E-state index < -0.39 is 53.3 Å². The van der Waals surface area contributed by atoms with Gasteiger partial charge in [0.1, 0.15) is 22.6 Å². The van der Waals surface area contributed by atoms with Crippen LogP contribution in [0.3, 0.4) is 0 Å². The van der Waals surface area contributed by atoms with Crippen LogP contribution in [0.25, 0.3) is 0 Å². The number of carbonyl (C=O) groups excluding carboxylic acids is 4. The van der Waals surface area contributed by atoms with Gasteiger partial charge in [0.15, 0.2) is 6.10 Å². The van der Waals surface area contributed by atoms with Crippen molar-refractivity contribution in [3.05, 3.63) is 45.7 Å². The largest absolute Gasteiger partial charge is 0.481 e. The first-order chi connectivity index (χ1) is 27.4. The van der Waals surface area contributed by atoms with Crippen molar-refractivity contribution in [3.8, 4) is 0 Å². The molecule has 0 bridgehead atoms. The van der Waals surface area contributed by atoms with E-state index in [1.54, 1.807) is 25.3 Å². The monoisotopic (exact) mass is 830 g/mol. The number of esters is 1. The highest BCUT2D eigenvalue weighted by Gasteiger charge is 2.38. The third-order valence-electron chi connectivity index (χ3n) is 11.1. The summed E-state index contributed by atoms with van der Waals surface area (Å²) in [6.07, 6.45) is 6.13. The number of benzene rings is 1. The number of thiazole rings is 1. The maximum absolute atomic E-state index is 14.7. The standard InChI is InChI=1S/C43H67FN6O7S/c1-9-11-12-13-19-50(41(54)38(27(5)10-2)49-37(52)22-30-15-14-18-46-30)35(26(3)4)23-36(57-28(6)51)40-48-34(25-58-40)39(53)47-31(24-43(7,8)42(55)56)20-29-16-17-33(45)32(44)21-29/h16-17,21,25-27,30-31,35-36,38,46H,9-15,18-20,22-24,45H2,1-8H3,(H,47,53)(H,49,52)(H,55,56)/t27-,30-,31-,35+,36+,38-/m0/s1. The number of aliphatic carboxylic acids is 1. The van der Waals surface area contributed by atoms with Gasteiger partial charge in [0, 0.05) is 49.8 Å².